The van der Waals surface area contributed by atoms with E-state index in [-0.39, 0.29) is 0 Å². The number of hydrogen-bond donors (Lipinski definition) is 0. The van der Waals surface area contributed by atoms with Crippen molar-refractivity contribution in [3.05, 3.63) is 29.8 Å². The molecule has 1 atom stereocenters. The molecule has 1 unspecified atom stereocenters. The summed E-state index contributed by atoms with van der Waals surface area (Å²) in [6.07, 6.45) is 3.28. The van der Waals surface area contributed by atoms with Crippen LogP contribution in [0.3, 0.4) is 0 Å². The summed E-state index contributed by atoms with van der Waals surface area (Å²) in [4.78, 5) is 4.58. The van der Waals surface area contributed by atoms with E-state index in [0.29, 0.717) is 5.25 Å². The van der Waals surface area contributed by atoms with Crippen molar-refractivity contribution >= 4 is 30.3 Å². The Hall–Kier alpha value is -0.543. The lowest BCUT2D eigenvalue weighted by molar-refractivity contribution is 1.03. The van der Waals surface area contributed by atoms with E-state index in [1.165, 1.54) is 5.56 Å². The molecule has 0 radical (unpaired) electrons. The van der Waals surface area contributed by atoms with Crippen LogP contribution in [0.2, 0.25) is 19.6 Å². The average molecular weight is 265 g/mol. The lowest BCUT2D eigenvalue weighted by atomic mass is 10.2. The Kier molecular flexibility index (Phi) is 5.47. The highest BCUT2D eigenvalue weighted by Gasteiger charge is 2.18. The van der Waals surface area contributed by atoms with E-state index < -0.39 is 7.22 Å². The SMILES string of the molecule is CCC(C=Nc1ccc(C)cc1)S[Si](C)(C)C. The van der Waals surface area contributed by atoms with Crippen LogP contribution in [0, 0.1) is 6.92 Å². The van der Waals surface area contributed by atoms with Gasteiger partial charge in [0, 0.05) is 11.5 Å². The fraction of sp³-hybridized carbons (Fsp3) is 0.500. The van der Waals surface area contributed by atoms with Gasteiger partial charge in [0.05, 0.1) is 5.69 Å². The van der Waals surface area contributed by atoms with Crippen molar-refractivity contribution in [1.29, 1.82) is 0 Å². The normalized spacial score (nSPS) is 14.2. The number of nitrogens with zero attached hydrogens (tertiary/aromatic N) is 1. The molecule has 94 valence electrons. The van der Waals surface area contributed by atoms with Crippen LogP contribution >= 0.6 is 11.2 Å². The third kappa shape index (κ3) is 6.08. The van der Waals surface area contributed by atoms with E-state index in [1.54, 1.807) is 0 Å². The molecule has 0 aliphatic carbocycles. The molecular weight excluding hydrogens is 242 g/mol. The van der Waals surface area contributed by atoms with E-state index in [0.717, 1.165) is 12.1 Å². The Balaban J connectivity index is 2.64. The topological polar surface area (TPSA) is 12.4 Å². The zero-order valence-corrected chi connectivity index (χ0v) is 13.3. The van der Waals surface area contributed by atoms with Crippen molar-refractivity contribution in [1.82, 2.24) is 0 Å². The van der Waals surface area contributed by atoms with E-state index in [9.17, 15) is 0 Å². The Morgan fingerprint density at radius 3 is 2.29 bits per heavy atom. The van der Waals surface area contributed by atoms with Crippen LogP contribution in [0.25, 0.3) is 0 Å². The van der Waals surface area contributed by atoms with Gasteiger partial charge >= 0.3 is 0 Å². The van der Waals surface area contributed by atoms with Crippen LogP contribution in [-0.2, 0) is 0 Å². The van der Waals surface area contributed by atoms with Crippen molar-refractivity contribution in [3.8, 4) is 0 Å². The molecule has 0 aliphatic rings. The summed E-state index contributed by atoms with van der Waals surface area (Å²) in [6, 6.07) is 8.38. The van der Waals surface area contributed by atoms with Gasteiger partial charge < -0.3 is 0 Å². The fourth-order valence-electron chi connectivity index (χ4n) is 1.47. The van der Waals surface area contributed by atoms with E-state index in [1.807, 2.05) is 0 Å². The van der Waals surface area contributed by atoms with E-state index in [4.69, 9.17) is 0 Å². The maximum atomic E-state index is 4.58. The lowest BCUT2D eigenvalue weighted by Gasteiger charge is -2.20. The first kappa shape index (κ1) is 14.5. The Morgan fingerprint density at radius 2 is 1.82 bits per heavy atom. The molecule has 0 heterocycles. The number of rotatable bonds is 5. The van der Waals surface area contributed by atoms with Crippen molar-refractivity contribution < 1.29 is 0 Å². The molecule has 0 bridgehead atoms. The van der Waals surface area contributed by atoms with Gasteiger partial charge in [0.15, 0.2) is 0 Å². The largest absolute Gasteiger partial charge is 0.260 e. The number of benzene rings is 1. The van der Waals surface area contributed by atoms with Gasteiger partial charge in [-0.3, -0.25) is 4.99 Å². The van der Waals surface area contributed by atoms with Gasteiger partial charge in [-0.1, -0.05) is 44.3 Å². The summed E-state index contributed by atoms with van der Waals surface area (Å²) in [7, 11) is -1.06. The first-order valence-electron chi connectivity index (χ1n) is 6.19. The molecule has 0 saturated heterocycles. The van der Waals surface area contributed by atoms with Gasteiger partial charge in [0.2, 0.25) is 0 Å². The zero-order valence-electron chi connectivity index (χ0n) is 11.5. The minimum Gasteiger partial charge on any atom is -0.260 e. The number of aryl methyl sites for hydroxylation is 1. The van der Waals surface area contributed by atoms with Crippen molar-refractivity contribution in [2.75, 3.05) is 0 Å². The molecule has 1 aromatic carbocycles. The van der Waals surface area contributed by atoms with Crippen molar-refractivity contribution in [2.45, 2.75) is 45.2 Å². The summed E-state index contributed by atoms with van der Waals surface area (Å²) in [5.74, 6) is 0. The highest BCUT2D eigenvalue weighted by molar-refractivity contribution is 8.29. The highest BCUT2D eigenvalue weighted by Crippen LogP contribution is 2.26. The Labute approximate surface area is 110 Å². The lowest BCUT2D eigenvalue weighted by Crippen LogP contribution is -2.20. The molecule has 0 saturated carbocycles. The molecule has 1 nitrogen and oxygen atoms in total. The molecule has 17 heavy (non-hydrogen) atoms. The van der Waals surface area contributed by atoms with Gasteiger partial charge in [-0.25, -0.2) is 0 Å². The molecule has 0 N–H and O–H groups in total. The van der Waals surface area contributed by atoms with Crippen LogP contribution in [-0.4, -0.2) is 18.7 Å². The second kappa shape index (κ2) is 6.41. The predicted molar refractivity (Wildman–Crippen MR) is 84.3 cm³/mol. The number of hydrogen-bond acceptors (Lipinski definition) is 2. The minimum absolute atomic E-state index is 0.558. The van der Waals surface area contributed by atoms with Crippen LogP contribution in [0.4, 0.5) is 5.69 Å². The van der Waals surface area contributed by atoms with Crippen molar-refractivity contribution in [3.63, 3.8) is 0 Å². The second-order valence-electron chi connectivity index (χ2n) is 5.29. The first-order valence-corrected chi connectivity index (χ1v) is 11.3. The zero-order chi connectivity index (χ0) is 12.9. The summed E-state index contributed by atoms with van der Waals surface area (Å²) >= 11 is 2.11. The fourth-order valence-corrected chi connectivity index (χ4v) is 6.08. The third-order valence-corrected chi connectivity index (χ3v) is 6.83. The molecule has 0 aliphatic heterocycles. The van der Waals surface area contributed by atoms with Gasteiger partial charge in [0.25, 0.3) is 0 Å². The van der Waals surface area contributed by atoms with Gasteiger partial charge in [0.1, 0.15) is 7.22 Å². The molecule has 0 aromatic heterocycles. The highest BCUT2D eigenvalue weighted by atomic mass is 32.4. The molecular formula is C14H23NSSi. The van der Waals surface area contributed by atoms with Crippen LogP contribution in [0.5, 0.6) is 0 Å². The summed E-state index contributed by atoms with van der Waals surface area (Å²) in [5, 5.41) is 0.558. The van der Waals surface area contributed by atoms with Crippen LogP contribution in [0.1, 0.15) is 18.9 Å². The minimum atomic E-state index is -1.06. The van der Waals surface area contributed by atoms with E-state index in [2.05, 4.69) is 80.2 Å². The summed E-state index contributed by atoms with van der Waals surface area (Å²) in [5.41, 5.74) is 2.35. The Morgan fingerprint density at radius 1 is 1.24 bits per heavy atom. The smallest absolute Gasteiger partial charge is 0.109 e. The van der Waals surface area contributed by atoms with Crippen LogP contribution in [0.15, 0.2) is 29.3 Å². The Bertz CT molecular complexity index is 365. The quantitative estimate of drug-likeness (QED) is 0.536. The van der Waals surface area contributed by atoms with Crippen LogP contribution < -0.4 is 0 Å². The molecule has 1 rings (SSSR count). The van der Waals surface area contributed by atoms with Gasteiger partial charge in [-0.2, -0.15) is 11.2 Å². The van der Waals surface area contributed by atoms with Gasteiger partial charge in [-0.05, 0) is 25.5 Å². The molecule has 0 amide bonds. The standard InChI is InChI=1S/C14H23NSSi/c1-6-14(16-17(3,4)5)11-15-13-9-7-12(2)8-10-13/h7-11,14H,6H2,1-5H3. The maximum Gasteiger partial charge on any atom is 0.109 e. The third-order valence-electron chi connectivity index (χ3n) is 2.33. The molecule has 0 spiro atoms. The predicted octanol–water partition coefficient (Wildman–Crippen LogP) is 5.04. The summed E-state index contributed by atoms with van der Waals surface area (Å²) < 4.78 is 0. The molecule has 0 fully saturated rings. The maximum absolute atomic E-state index is 4.58. The van der Waals surface area contributed by atoms with E-state index >= 15 is 0 Å². The summed E-state index contributed by atoms with van der Waals surface area (Å²) in [6.45, 7) is 11.5. The number of aliphatic imine (C=N–C) groups is 1. The first-order chi connectivity index (χ1) is 7.90. The van der Waals surface area contributed by atoms with Crippen molar-refractivity contribution in [2.24, 2.45) is 4.99 Å². The molecule has 3 heteroatoms. The van der Waals surface area contributed by atoms with Gasteiger partial charge in [-0.15, -0.1) is 0 Å². The second-order valence-corrected chi connectivity index (χ2v) is 14.7. The monoisotopic (exact) mass is 265 g/mol. The molecule has 1 aromatic rings. The average Bonchev–Trinajstić information content (AvgIpc) is 2.25.